The van der Waals surface area contributed by atoms with Crippen molar-refractivity contribution in [2.75, 3.05) is 0 Å². The lowest BCUT2D eigenvalue weighted by Gasteiger charge is -2.00. The minimum absolute atomic E-state index is 0.0436. The molecule has 0 amide bonds. The Morgan fingerprint density at radius 2 is 1.94 bits per heavy atom. The fraction of sp³-hybridized carbons (Fsp3) is 0.0667. The number of hydrogen-bond donors (Lipinski definition) is 1. The molecule has 3 nitrogen and oxygen atoms in total. The van der Waals surface area contributed by atoms with Crippen molar-refractivity contribution in [3.63, 3.8) is 0 Å². The normalized spacial score (nSPS) is 10.7. The molecular weight excluding hydrogens is 226 g/mol. The summed E-state index contributed by atoms with van der Waals surface area (Å²) in [6, 6.07) is 13.6. The number of aromatic nitrogens is 1. The Balaban J connectivity index is 2.11. The van der Waals surface area contributed by atoms with Crippen LogP contribution in [0.2, 0.25) is 0 Å². The fourth-order valence-corrected chi connectivity index (χ4v) is 1.59. The number of nitrogens with zero attached hydrogens (tertiary/aromatic N) is 1. The van der Waals surface area contributed by atoms with E-state index in [4.69, 9.17) is 5.11 Å². The van der Waals surface area contributed by atoms with E-state index in [1.807, 2.05) is 42.5 Å². The first kappa shape index (κ1) is 12.0. The third kappa shape index (κ3) is 3.28. The van der Waals surface area contributed by atoms with Gasteiger partial charge in [-0.2, -0.15) is 0 Å². The quantitative estimate of drug-likeness (QED) is 0.891. The summed E-state index contributed by atoms with van der Waals surface area (Å²) in [6.07, 6.45) is 5.24. The highest BCUT2D eigenvalue weighted by Gasteiger charge is 1.97. The Hall–Kier alpha value is -2.42. The van der Waals surface area contributed by atoms with Gasteiger partial charge in [-0.15, -0.1) is 0 Å². The highest BCUT2D eigenvalue weighted by Crippen LogP contribution is 2.17. The van der Waals surface area contributed by atoms with E-state index in [0.717, 1.165) is 16.8 Å². The number of aliphatic carboxylic acids is 1. The van der Waals surface area contributed by atoms with E-state index in [2.05, 4.69) is 4.98 Å². The van der Waals surface area contributed by atoms with Gasteiger partial charge in [0.15, 0.2) is 0 Å². The molecule has 18 heavy (non-hydrogen) atoms. The molecule has 0 atom stereocenters. The van der Waals surface area contributed by atoms with E-state index in [1.54, 1.807) is 18.3 Å². The van der Waals surface area contributed by atoms with Gasteiger partial charge in [0, 0.05) is 11.8 Å². The summed E-state index contributed by atoms with van der Waals surface area (Å²) in [5, 5.41) is 8.52. The number of benzene rings is 1. The molecule has 1 aromatic heterocycles. The minimum Gasteiger partial charge on any atom is -0.481 e. The Bertz CT molecular complexity index is 544. The van der Waals surface area contributed by atoms with Crippen molar-refractivity contribution in [1.29, 1.82) is 0 Å². The molecule has 0 aliphatic heterocycles. The summed E-state index contributed by atoms with van der Waals surface area (Å²) in [5.41, 5.74) is 2.96. The van der Waals surface area contributed by atoms with Gasteiger partial charge < -0.3 is 5.11 Å². The monoisotopic (exact) mass is 239 g/mol. The predicted octanol–water partition coefficient (Wildman–Crippen LogP) is 3.24. The van der Waals surface area contributed by atoms with E-state index < -0.39 is 5.97 Å². The first-order valence-electron chi connectivity index (χ1n) is 5.65. The fourth-order valence-electron chi connectivity index (χ4n) is 1.59. The summed E-state index contributed by atoms with van der Waals surface area (Å²) in [5.74, 6) is -0.823. The maximum Gasteiger partial charge on any atom is 0.307 e. The highest BCUT2D eigenvalue weighted by atomic mass is 16.4. The number of hydrogen-bond acceptors (Lipinski definition) is 2. The van der Waals surface area contributed by atoms with Crippen molar-refractivity contribution < 1.29 is 9.90 Å². The Morgan fingerprint density at radius 3 is 2.56 bits per heavy atom. The molecule has 0 spiro atoms. The van der Waals surface area contributed by atoms with Crippen LogP contribution in [0.4, 0.5) is 0 Å². The van der Waals surface area contributed by atoms with E-state index in [-0.39, 0.29) is 6.42 Å². The summed E-state index contributed by atoms with van der Waals surface area (Å²) in [6.45, 7) is 0. The second-order valence-corrected chi connectivity index (χ2v) is 3.84. The zero-order chi connectivity index (χ0) is 12.8. The summed E-state index contributed by atoms with van der Waals surface area (Å²) >= 11 is 0. The van der Waals surface area contributed by atoms with Crippen LogP contribution in [0.3, 0.4) is 0 Å². The number of carboxylic acid groups (broad SMARTS) is 1. The molecule has 1 aromatic carbocycles. The lowest BCUT2D eigenvalue weighted by molar-refractivity contribution is -0.135. The standard InChI is InChI=1S/C15H13NO2/c17-15(18)6-3-4-12-7-9-13(10-8-12)14-5-1-2-11-16-14/h1-5,7-11H,6H2,(H,17,18). The van der Waals surface area contributed by atoms with Gasteiger partial charge in [0.25, 0.3) is 0 Å². The van der Waals surface area contributed by atoms with Crippen LogP contribution in [-0.2, 0) is 4.79 Å². The minimum atomic E-state index is -0.823. The van der Waals surface area contributed by atoms with Crippen LogP contribution in [0, 0.1) is 0 Å². The van der Waals surface area contributed by atoms with Crippen molar-refractivity contribution in [2.24, 2.45) is 0 Å². The van der Waals surface area contributed by atoms with Crippen LogP contribution >= 0.6 is 0 Å². The zero-order valence-corrected chi connectivity index (χ0v) is 9.78. The molecule has 2 rings (SSSR count). The average Bonchev–Trinajstić information content (AvgIpc) is 2.40. The van der Waals surface area contributed by atoms with Gasteiger partial charge >= 0.3 is 5.97 Å². The van der Waals surface area contributed by atoms with Crippen molar-refractivity contribution in [1.82, 2.24) is 4.98 Å². The third-order valence-corrected chi connectivity index (χ3v) is 2.47. The van der Waals surface area contributed by atoms with Crippen LogP contribution in [0.25, 0.3) is 17.3 Å². The molecule has 1 N–H and O–H groups in total. The maximum atomic E-state index is 10.4. The molecule has 90 valence electrons. The SMILES string of the molecule is O=C(O)CC=Cc1ccc(-c2ccccn2)cc1. The Labute approximate surface area is 105 Å². The molecule has 0 saturated heterocycles. The van der Waals surface area contributed by atoms with Gasteiger partial charge in [0.2, 0.25) is 0 Å². The Morgan fingerprint density at radius 1 is 1.17 bits per heavy atom. The Kier molecular flexibility index (Phi) is 3.86. The van der Waals surface area contributed by atoms with E-state index in [0.29, 0.717) is 0 Å². The van der Waals surface area contributed by atoms with Gasteiger partial charge in [0.05, 0.1) is 12.1 Å². The third-order valence-electron chi connectivity index (χ3n) is 2.47. The largest absolute Gasteiger partial charge is 0.481 e. The van der Waals surface area contributed by atoms with Gasteiger partial charge in [0.1, 0.15) is 0 Å². The zero-order valence-electron chi connectivity index (χ0n) is 9.78. The molecule has 0 bridgehead atoms. The summed E-state index contributed by atoms with van der Waals surface area (Å²) in [7, 11) is 0. The van der Waals surface area contributed by atoms with Gasteiger partial charge in [-0.1, -0.05) is 42.5 Å². The molecule has 0 fully saturated rings. The molecule has 3 heteroatoms. The van der Waals surface area contributed by atoms with E-state index >= 15 is 0 Å². The number of pyridine rings is 1. The molecule has 0 aliphatic rings. The maximum absolute atomic E-state index is 10.4. The first-order chi connectivity index (χ1) is 8.75. The number of carbonyl (C=O) groups is 1. The average molecular weight is 239 g/mol. The molecular formula is C15H13NO2. The lowest BCUT2D eigenvalue weighted by Crippen LogP contribution is -1.89. The predicted molar refractivity (Wildman–Crippen MR) is 71.0 cm³/mol. The smallest absolute Gasteiger partial charge is 0.307 e. The molecule has 0 saturated carbocycles. The number of carboxylic acids is 1. The van der Waals surface area contributed by atoms with E-state index in [1.165, 1.54) is 0 Å². The molecule has 0 unspecified atom stereocenters. The highest BCUT2D eigenvalue weighted by molar-refractivity contribution is 5.70. The lowest BCUT2D eigenvalue weighted by atomic mass is 10.1. The van der Waals surface area contributed by atoms with Crippen LogP contribution in [0.1, 0.15) is 12.0 Å². The molecule has 1 heterocycles. The van der Waals surface area contributed by atoms with Gasteiger partial charge in [-0.25, -0.2) is 0 Å². The van der Waals surface area contributed by atoms with Crippen molar-refractivity contribution >= 4 is 12.0 Å². The number of rotatable bonds is 4. The van der Waals surface area contributed by atoms with Crippen LogP contribution < -0.4 is 0 Å². The second kappa shape index (κ2) is 5.77. The summed E-state index contributed by atoms with van der Waals surface area (Å²) < 4.78 is 0. The van der Waals surface area contributed by atoms with Gasteiger partial charge in [-0.05, 0) is 17.7 Å². The molecule has 0 aliphatic carbocycles. The summed E-state index contributed by atoms with van der Waals surface area (Å²) in [4.78, 5) is 14.6. The topological polar surface area (TPSA) is 50.2 Å². The van der Waals surface area contributed by atoms with Crippen molar-refractivity contribution in [3.8, 4) is 11.3 Å². The molecule has 2 aromatic rings. The van der Waals surface area contributed by atoms with Crippen molar-refractivity contribution in [3.05, 3.63) is 60.3 Å². The first-order valence-corrected chi connectivity index (χ1v) is 5.65. The molecule has 0 radical (unpaired) electrons. The van der Waals surface area contributed by atoms with Crippen LogP contribution in [0.5, 0.6) is 0 Å². The van der Waals surface area contributed by atoms with Gasteiger partial charge in [-0.3, -0.25) is 9.78 Å². The van der Waals surface area contributed by atoms with E-state index in [9.17, 15) is 4.79 Å². The van der Waals surface area contributed by atoms with Crippen LogP contribution in [-0.4, -0.2) is 16.1 Å². The van der Waals surface area contributed by atoms with Crippen molar-refractivity contribution in [2.45, 2.75) is 6.42 Å². The second-order valence-electron chi connectivity index (χ2n) is 3.84. The van der Waals surface area contributed by atoms with Crippen LogP contribution in [0.15, 0.2) is 54.7 Å².